The van der Waals surface area contributed by atoms with E-state index in [0.29, 0.717) is 22.3 Å². The van der Waals surface area contributed by atoms with Gasteiger partial charge in [-0.2, -0.15) is 0 Å². The van der Waals surface area contributed by atoms with Gasteiger partial charge in [0.05, 0.1) is 33.1 Å². The van der Waals surface area contributed by atoms with Crippen molar-refractivity contribution >= 4 is 16.5 Å². The second-order valence-corrected chi connectivity index (χ2v) is 16.7. The van der Waals surface area contributed by atoms with E-state index in [1.54, 1.807) is 4.57 Å². The summed E-state index contributed by atoms with van der Waals surface area (Å²) < 4.78 is 3.09. The molecule has 1 unspecified atom stereocenters. The summed E-state index contributed by atoms with van der Waals surface area (Å²) in [7, 11) is 0. The van der Waals surface area contributed by atoms with Crippen LogP contribution in [-0.4, -0.2) is 9.13 Å². The van der Waals surface area contributed by atoms with Gasteiger partial charge in [-0.3, -0.25) is 9.36 Å². The van der Waals surface area contributed by atoms with Gasteiger partial charge in [0.1, 0.15) is 0 Å². The van der Waals surface area contributed by atoms with Gasteiger partial charge in [0, 0.05) is 0 Å². The first-order chi connectivity index (χ1) is 30.5. The summed E-state index contributed by atoms with van der Waals surface area (Å²) in [5.74, 6) is 0. The Morgan fingerprint density at radius 2 is 0.790 bits per heavy atom. The molecule has 4 heteroatoms. The predicted molar refractivity (Wildman–Crippen MR) is 251 cm³/mol. The standard InChI is InChI=1S/C58H36N2O2/c1-3-37-38-17-5-11-23-47(38)57(46(37)4-2)48-24-12-8-20-41(48)43-32-30-36(34-52(43)57)60-55(61)45-22-10-16-28-54(45)59(56(60)62)35-29-31-44-42-21-9-15-27-51(42)58(53(44)33-35)49-25-13-6-18-39(49)40-19-7-14-26-50(40)58/h3-34H,1-2H2. The van der Waals surface area contributed by atoms with E-state index in [-0.39, 0.29) is 5.56 Å². The maximum atomic E-state index is 15.6. The summed E-state index contributed by atoms with van der Waals surface area (Å²) in [5.41, 5.74) is 17.7. The first-order valence-electron chi connectivity index (χ1n) is 21.1. The lowest BCUT2D eigenvalue weighted by atomic mass is 9.69. The molecule has 0 saturated heterocycles. The van der Waals surface area contributed by atoms with E-state index in [1.807, 2.05) is 48.6 Å². The van der Waals surface area contributed by atoms with Crippen molar-refractivity contribution < 1.29 is 0 Å². The van der Waals surface area contributed by atoms with E-state index in [0.717, 1.165) is 55.7 Å². The molecule has 0 N–H and O–H groups in total. The first-order valence-corrected chi connectivity index (χ1v) is 21.1. The Morgan fingerprint density at radius 1 is 0.387 bits per heavy atom. The number of nitrogens with zero attached hydrogens (tertiary/aromatic N) is 2. The van der Waals surface area contributed by atoms with Crippen LogP contribution in [0, 0.1) is 0 Å². The molecular formula is C58H36N2O2. The summed E-state index contributed by atoms with van der Waals surface area (Å²) in [6.07, 6.45) is 3.87. The highest BCUT2D eigenvalue weighted by Gasteiger charge is 2.53. The number of rotatable bonds is 4. The number of hydrogen-bond donors (Lipinski definition) is 0. The van der Waals surface area contributed by atoms with Gasteiger partial charge in [0.15, 0.2) is 0 Å². The monoisotopic (exact) mass is 792 g/mol. The van der Waals surface area contributed by atoms with Crippen LogP contribution in [0.15, 0.2) is 222 Å². The molecule has 2 spiro atoms. The van der Waals surface area contributed by atoms with Gasteiger partial charge in [-0.15, -0.1) is 0 Å². The smallest absolute Gasteiger partial charge is 0.268 e. The van der Waals surface area contributed by atoms with E-state index in [1.165, 1.54) is 37.9 Å². The van der Waals surface area contributed by atoms with E-state index in [2.05, 4.69) is 159 Å². The zero-order chi connectivity index (χ0) is 41.5. The molecule has 0 fully saturated rings. The van der Waals surface area contributed by atoms with Crippen molar-refractivity contribution in [3.63, 3.8) is 0 Å². The van der Waals surface area contributed by atoms with E-state index < -0.39 is 16.5 Å². The Balaban J connectivity index is 1.09. The van der Waals surface area contributed by atoms with Crippen LogP contribution < -0.4 is 11.2 Å². The number of fused-ring (bicyclic) bond motifs is 18. The molecule has 1 atom stereocenters. The normalized spacial score (nSPS) is 16.5. The van der Waals surface area contributed by atoms with Gasteiger partial charge in [-0.25, -0.2) is 9.36 Å². The van der Waals surface area contributed by atoms with Crippen molar-refractivity contribution in [2.45, 2.75) is 10.8 Å². The molecule has 0 saturated carbocycles. The van der Waals surface area contributed by atoms with Crippen molar-refractivity contribution in [1.82, 2.24) is 9.13 Å². The SMILES string of the molecule is C=CC1=C(C=C)C2(c3ccccc31)c1ccccc1-c1ccc(-n3c(=O)c4ccccc4n(-c4ccc5c(c4)C4(c6ccccc6-c6ccccc64)c4ccccc4-5)c3=O)cc12. The number of hydrogen-bond acceptors (Lipinski definition) is 2. The van der Waals surface area contributed by atoms with Crippen LogP contribution in [0.3, 0.4) is 0 Å². The fraction of sp³-hybridized carbons (Fsp3) is 0.0345. The quantitative estimate of drug-likeness (QED) is 0.178. The lowest BCUT2D eigenvalue weighted by Crippen LogP contribution is -2.38. The molecule has 0 radical (unpaired) electrons. The maximum absolute atomic E-state index is 15.6. The fourth-order valence-corrected chi connectivity index (χ4v) is 12.0. The van der Waals surface area contributed by atoms with Gasteiger partial charge in [-0.05, 0) is 125 Å². The Hall–Kier alpha value is -8.08. The van der Waals surface area contributed by atoms with Crippen molar-refractivity contribution in [2.75, 3.05) is 0 Å². The predicted octanol–water partition coefficient (Wildman–Crippen LogP) is 11.9. The lowest BCUT2D eigenvalue weighted by Gasteiger charge is -2.31. The van der Waals surface area contributed by atoms with Gasteiger partial charge < -0.3 is 0 Å². The molecule has 4 aliphatic carbocycles. The van der Waals surface area contributed by atoms with Crippen LogP contribution >= 0.6 is 0 Å². The maximum Gasteiger partial charge on any atom is 0.340 e. The second-order valence-electron chi connectivity index (χ2n) is 16.7. The molecule has 0 amide bonds. The summed E-state index contributed by atoms with van der Waals surface area (Å²) >= 11 is 0. The Bertz CT molecular complexity index is 3630. The van der Waals surface area contributed by atoms with Crippen LogP contribution in [0.5, 0.6) is 0 Å². The molecule has 0 aliphatic heterocycles. The van der Waals surface area contributed by atoms with E-state index in [4.69, 9.17) is 0 Å². The zero-order valence-electron chi connectivity index (χ0n) is 33.6. The van der Waals surface area contributed by atoms with Crippen LogP contribution in [0.1, 0.15) is 44.5 Å². The topological polar surface area (TPSA) is 44.0 Å². The summed E-state index contributed by atoms with van der Waals surface area (Å²) in [5, 5.41) is 0.451. The second kappa shape index (κ2) is 12.2. The Kier molecular flexibility index (Phi) is 6.87. The summed E-state index contributed by atoms with van der Waals surface area (Å²) in [4.78, 5) is 30.5. The molecule has 8 aromatic carbocycles. The number of aromatic nitrogens is 2. The highest BCUT2D eigenvalue weighted by Crippen LogP contribution is 2.64. The number of allylic oxidation sites excluding steroid dienone is 4. The minimum Gasteiger partial charge on any atom is -0.268 e. The molecule has 4 aliphatic rings. The molecule has 1 aromatic heterocycles. The minimum atomic E-state index is -0.722. The fourth-order valence-electron chi connectivity index (χ4n) is 12.0. The molecule has 9 aromatic rings. The van der Waals surface area contributed by atoms with Crippen LogP contribution in [-0.2, 0) is 10.8 Å². The van der Waals surface area contributed by atoms with Crippen molar-refractivity contribution in [2.24, 2.45) is 0 Å². The van der Waals surface area contributed by atoms with Gasteiger partial charge in [0.2, 0.25) is 0 Å². The Morgan fingerprint density at radius 3 is 1.31 bits per heavy atom. The van der Waals surface area contributed by atoms with E-state index >= 15 is 4.79 Å². The lowest BCUT2D eigenvalue weighted by molar-refractivity contribution is 0.778. The van der Waals surface area contributed by atoms with Crippen molar-refractivity contribution in [3.8, 4) is 44.8 Å². The largest absolute Gasteiger partial charge is 0.340 e. The van der Waals surface area contributed by atoms with Crippen molar-refractivity contribution in [3.05, 3.63) is 278 Å². The summed E-state index contributed by atoms with van der Waals surface area (Å²) in [6.45, 7) is 8.60. The van der Waals surface area contributed by atoms with E-state index in [9.17, 15) is 4.79 Å². The van der Waals surface area contributed by atoms with Gasteiger partial charge in [0.25, 0.3) is 5.56 Å². The molecule has 290 valence electrons. The highest BCUT2D eigenvalue weighted by atomic mass is 16.2. The molecule has 1 heterocycles. The summed E-state index contributed by atoms with van der Waals surface area (Å²) in [6, 6.07) is 63.0. The number of para-hydroxylation sites is 1. The first kappa shape index (κ1) is 34.8. The molecule has 0 bridgehead atoms. The van der Waals surface area contributed by atoms with Crippen LogP contribution in [0.2, 0.25) is 0 Å². The average molecular weight is 793 g/mol. The van der Waals surface area contributed by atoms with Gasteiger partial charge >= 0.3 is 5.69 Å². The van der Waals surface area contributed by atoms with Gasteiger partial charge in [-0.1, -0.05) is 171 Å². The Labute approximate surface area is 358 Å². The van der Waals surface area contributed by atoms with Crippen LogP contribution in [0.4, 0.5) is 0 Å². The third kappa shape index (κ3) is 3.98. The highest BCUT2D eigenvalue weighted by molar-refractivity contribution is 5.99. The zero-order valence-corrected chi connectivity index (χ0v) is 33.6. The minimum absolute atomic E-state index is 0.367. The number of benzene rings is 8. The third-order valence-electron chi connectivity index (χ3n) is 14.2. The molecule has 62 heavy (non-hydrogen) atoms. The van der Waals surface area contributed by atoms with Crippen molar-refractivity contribution in [1.29, 1.82) is 0 Å². The average Bonchev–Trinajstić information content (AvgIpc) is 4.00. The molecule has 13 rings (SSSR count). The molecule has 4 nitrogen and oxygen atoms in total. The third-order valence-corrected chi connectivity index (χ3v) is 14.2. The molecular weight excluding hydrogens is 757 g/mol. The van der Waals surface area contributed by atoms with Crippen LogP contribution in [0.25, 0.3) is 61.2 Å².